The zero-order valence-electron chi connectivity index (χ0n) is 15.0. The number of pyridine rings is 1. The summed E-state index contributed by atoms with van der Waals surface area (Å²) in [5.41, 5.74) is 3.55. The van der Waals surface area contributed by atoms with Crippen molar-refractivity contribution < 1.29 is 9.18 Å². The third kappa shape index (κ3) is 2.65. The van der Waals surface area contributed by atoms with Crippen LogP contribution in [-0.4, -0.2) is 10.9 Å². The highest BCUT2D eigenvalue weighted by atomic mass is 19.1. The second kappa shape index (κ2) is 6.57. The van der Waals surface area contributed by atoms with E-state index in [1.807, 2.05) is 60.7 Å². The molecule has 28 heavy (non-hydrogen) atoms. The second-order valence-corrected chi connectivity index (χ2v) is 6.96. The van der Waals surface area contributed by atoms with E-state index < -0.39 is 5.92 Å². The van der Waals surface area contributed by atoms with E-state index in [9.17, 15) is 9.18 Å². The standard InChI is InChI=1S/C24H17FN2O/c25-21-10-6-12-23-20(21)14-19(16-7-2-1-3-8-16)24(28)27(23)18-13-17-9-4-5-11-22(17)26-15-18/h1-13,15,19H,14H2. The van der Waals surface area contributed by atoms with E-state index in [-0.39, 0.29) is 11.7 Å². The fourth-order valence-corrected chi connectivity index (χ4v) is 3.92. The van der Waals surface area contributed by atoms with E-state index in [1.54, 1.807) is 23.2 Å². The summed E-state index contributed by atoms with van der Waals surface area (Å²) in [6.07, 6.45) is 2.03. The van der Waals surface area contributed by atoms with Gasteiger partial charge in [0.15, 0.2) is 0 Å². The minimum atomic E-state index is -0.433. The van der Waals surface area contributed by atoms with Crippen LogP contribution < -0.4 is 4.90 Å². The van der Waals surface area contributed by atoms with Crippen LogP contribution in [0.25, 0.3) is 10.9 Å². The number of fused-ring (bicyclic) bond motifs is 2. The molecule has 2 heterocycles. The topological polar surface area (TPSA) is 33.2 Å². The average Bonchev–Trinajstić information content (AvgIpc) is 2.74. The summed E-state index contributed by atoms with van der Waals surface area (Å²) >= 11 is 0. The van der Waals surface area contributed by atoms with E-state index in [1.165, 1.54) is 6.07 Å². The highest BCUT2D eigenvalue weighted by Crippen LogP contribution is 2.41. The predicted octanol–water partition coefficient (Wildman–Crippen LogP) is 5.38. The van der Waals surface area contributed by atoms with Gasteiger partial charge in [-0.3, -0.25) is 14.7 Å². The molecule has 0 saturated heterocycles. The van der Waals surface area contributed by atoms with Gasteiger partial charge in [0.25, 0.3) is 0 Å². The van der Waals surface area contributed by atoms with Gasteiger partial charge >= 0.3 is 0 Å². The van der Waals surface area contributed by atoms with Gasteiger partial charge < -0.3 is 0 Å². The van der Waals surface area contributed by atoms with Crippen molar-refractivity contribution >= 4 is 28.2 Å². The Morgan fingerprint density at radius 3 is 2.57 bits per heavy atom. The van der Waals surface area contributed by atoms with Gasteiger partial charge in [-0.2, -0.15) is 0 Å². The van der Waals surface area contributed by atoms with Crippen molar-refractivity contribution in [3.05, 3.63) is 102 Å². The molecule has 1 amide bonds. The lowest BCUT2D eigenvalue weighted by molar-refractivity contribution is -0.119. The number of benzene rings is 3. The highest BCUT2D eigenvalue weighted by molar-refractivity contribution is 6.07. The smallest absolute Gasteiger partial charge is 0.239 e. The van der Waals surface area contributed by atoms with Gasteiger partial charge in [-0.25, -0.2) is 4.39 Å². The Kier molecular flexibility index (Phi) is 3.90. The van der Waals surface area contributed by atoms with Gasteiger partial charge in [-0.1, -0.05) is 54.6 Å². The number of halogens is 1. The predicted molar refractivity (Wildman–Crippen MR) is 108 cm³/mol. The zero-order chi connectivity index (χ0) is 19.1. The molecule has 0 saturated carbocycles. The lowest BCUT2D eigenvalue weighted by Gasteiger charge is -2.34. The third-order valence-electron chi connectivity index (χ3n) is 5.30. The Morgan fingerprint density at radius 2 is 1.71 bits per heavy atom. The molecule has 0 fully saturated rings. The van der Waals surface area contributed by atoms with Gasteiger partial charge in [-0.15, -0.1) is 0 Å². The number of anilines is 2. The molecule has 136 valence electrons. The fraction of sp³-hybridized carbons (Fsp3) is 0.0833. The van der Waals surface area contributed by atoms with E-state index in [0.29, 0.717) is 23.4 Å². The van der Waals surface area contributed by atoms with Crippen molar-refractivity contribution in [2.75, 3.05) is 4.90 Å². The minimum Gasteiger partial charge on any atom is -0.279 e. The van der Waals surface area contributed by atoms with E-state index in [4.69, 9.17) is 0 Å². The number of carbonyl (C=O) groups excluding carboxylic acids is 1. The first-order valence-corrected chi connectivity index (χ1v) is 9.23. The van der Waals surface area contributed by atoms with Gasteiger partial charge in [0, 0.05) is 10.9 Å². The Morgan fingerprint density at radius 1 is 0.929 bits per heavy atom. The molecular formula is C24H17FN2O. The molecule has 0 aliphatic carbocycles. The maximum atomic E-state index is 14.7. The Labute approximate surface area is 162 Å². The minimum absolute atomic E-state index is 0.0682. The summed E-state index contributed by atoms with van der Waals surface area (Å²) < 4.78 is 14.7. The van der Waals surface area contributed by atoms with Gasteiger partial charge in [0.2, 0.25) is 5.91 Å². The van der Waals surface area contributed by atoms with Crippen LogP contribution in [0.15, 0.2) is 85.1 Å². The number of para-hydroxylation sites is 1. The molecule has 1 unspecified atom stereocenters. The molecule has 3 nitrogen and oxygen atoms in total. The number of rotatable bonds is 2. The summed E-state index contributed by atoms with van der Waals surface area (Å²) in [7, 11) is 0. The van der Waals surface area contributed by atoms with Crippen LogP contribution in [0.4, 0.5) is 15.8 Å². The van der Waals surface area contributed by atoms with E-state index in [2.05, 4.69) is 4.98 Å². The summed E-state index contributed by atoms with van der Waals surface area (Å²) in [5.74, 6) is -0.789. The van der Waals surface area contributed by atoms with Gasteiger partial charge in [-0.05, 0) is 36.2 Å². The Hall–Kier alpha value is -3.53. The fourth-order valence-electron chi connectivity index (χ4n) is 3.92. The number of carbonyl (C=O) groups is 1. The second-order valence-electron chi connectivity index (χ2n) is 6.96. The van der Waals surface area contributed by atoms with E-state index in [0.717, 1.165) is 16.5 Å². The summed E-state index contributed by atoms with van der Waals surface area (Å²) in [6.45, 7) is 0. The number of nitrogens with zero attached hydrogens (tertiary/aromatic N) is 2. The van der Waals surface area contributed by atoms with Gasteiger partial charge in [0.1, 0.15) is 5.82 Å². The number of hydrogen-bond acceptors (Lipinski definition) is 2. The molecule has 1 aliphatic heterocycles. The quantitative estimate of drug-likeness (QED) is 0.476. The molecule has 3 aromatic carbocycles. The highest BCUT2D eigenvalue weighted by Gasteiger charge is 2.36. The maximum absolute atomic E-state index is 14.7. The molecule has 1 aromatic heterocycles. The first-order valence-electron chi connectivity index (χ1n) is 9.23. The SMILES string of the molecule is O=C1C(c2ccccc2)Cc2c(F)cccc2N1c1cnc2ccccc2c1. The number of amides is 1. The number of hydrogen-bond donors (Lipinski definition) is 0. The normalized spacial score (nSPS) is 16.2. The van der Waals surface area contributed by atoms with Crippen molar-refractivity contribution in [2.24, 2.45) is 0 Å². The molecule has 1 atom stereocenters. The van der Waals surface area contributed by atoms with Crippen molar-refractivity contribution in [3.63, 3.8) is 0 Å². The van der Waals surface area contributed by atoms with Crippen molar-refractivity contribution in [2.45, 2.75) is 12.3 Å². The zero-order valence-corrected chi connectivity index (χ0v) is 15.0. The maximum Gasteiger partial charge on any atom is 0.239 e. The molecule has 1 aliphatic rings. The van der Waals surface area contributed by atoms with Crippen LogP contribution >= 0.6 is 0 Å². The molecule has 4 aromatic rings. The van der Waals surface area contributed by atoms with Crippen molar-refractivity contribution in [1.29, 1.82) is 0 Å². The molecule has 0 spiro atoms. The molecule has 0 radical (unpaired) electrons. The molecular weight excluding hydrogens is 351 g/mol. The van der Waals surface area contributed by atoms with Crippen LogP contribution in [0.5, 0.6) is 0 Å². The Balaban J connectivity index is 1.70. The monoisotopic (exact) mass is 368 g/mol. The molecule has 0 bridgehead atoms. The van der Waals surface area contributed by atoms with E-state index >= 15 is 0 Å². The molecule has 0 N–H and O–H groups in total. The van der Waals surface area contributed by atoms with Crippen LogP contribution in [0.2, 0.25) is 0 Å². The Bertz CT molecular complexity index is 1190. The summed E-state index contributed by atoms with van der Waals surface area (Å²) in [4.78, 5) is 19.6. The first kappa shape index (κ1) is 16.6. The average molecular weight is 368 g/mol. The van der Waals surface area contributed by atoms with Gasteiger partial charge in [0.05, 0.1) is 29.0 Å². The lowest BCUT2D eigenvalue weighted by atomic mass is 9.86. The number of aromatic nitrogens is 1. The summed E-state index contributed by atoms with van der Waals surface area (Å²) in [6, 6.07) is 24.1. The van der Waals surface area contributed by atoms with Crippen LogP contribution in [0.1, 0.15) is 17.0 Å². The molecule has 5 rings (SSSR count). The first-order chi connectivity index (χ1) is 13.7. The van der Waals surface area contributed by atoms with Crippen LogP contribution in [0.3, 0.4) is 0 Å². The van der Waals surface area contributed by atoms with Crippen molar-refractivity contribution in [1.82, 2.24) is 4.98 Å². The molecule has 4 heteroatoms. The van der Waals surface area contributed by atoms with Crippen LogP contribution in [0, 0.1) is 5.82 Å². The third-order valence-corrected chi connectivity index (χ3v) is 5.30. The largest absolute Gasteiger partial charge is 0.279 e. The van der Waals surface area contributed by atoms with Crippen molar-refractivity contribution in [3.8, 4) is 0 Å². The van der Waals surface area contributed by atoms with Crippen LogP contribution in [-0.2, 0) is 11.2 Å². The lowest BCUT2D eigenvalue weighted by Crippen LogP contribution is -2.37. The summed E-state index contributed by atoms with van der Waals surface area (Å²) in [5, 5.41) is 0.938.